The Kier molecular flexibility index (Phi) is 3.20. The van der Waals surface area contributed by atoms with Crippen molar-refractivity contribution in [2.24, 2.45) is 0 Å². The topological polar surface area (TPSA) is 0 Å². The lowest BCUT2D eigenvalue weighted by Gasteiger charge is -2.01. The second-order valence-electron chi connectivity index (χ2n) is 3.10. The standard InChI is InChI=1S/C11H11BrS2/c1-3-7-4-8(12)5-9-10(13-2)6-14-11(7)9/h4-6H,3H2,1-2H3. The van der Waals surface area contributed by atoms with E-state index in [0.29, 0.717) is 0 Å². The number of thiophene rings is 1. The molecule has 0 aliphatic heterocycles. The van der Waals surface area contributed by atoms with Crippen LogP contribution in [-0.4, -0.2) is 6.26 Å². The minimum atomic E-state index is 1.10. The van der Waals surface area contributed by atoms with E-state index in [-0.39, 0.29) is 0 Å². The highest BCUT2D eigenvalue weighted by molar-refractivity contribution is 9.10. The lowest BCUT2D eigenvalue weighted by Crippen LogP contribution is -1.80. The van der Waals surface area contributed by atoms with E-state index in [9.17, 15) is 0 Å². The van der Waals surface area contributed by atoms with Gasteiger partial charge in [0.05, 0.1) is 0 Å². The van der Waals surface area contributed by atoms with E-state index < -0.39 is 0 Å². The van der Waals surface area contributed by atoms with Crippen LogP contribution >= 0.6 is 39.0 Å². The highest BCUT2D eigenvalue weighted by atomic mass is 79.9. The Hall–Kier alpha value is 0.01000. The van der Waals surface area contributed by atoms with Gasteiger partial charge in [-0.15, -0.1) is 23.1 Å². The molecule has 1 aromatic heterocycles. The fraction of sp³-hybridized carbons (Fsp3) is 0.273. The van der Waals surface area contributed by atoms with Crippen LogP contribution in [0.15, 0.2) is 26.9 Å². The van der Waals surface area contributed by atoms with Gasteiger partial charge >= 0.3 is 0 Å². The maximum atomic E-state index is 3.57. The summed E-state index contributed by atoms with van der Waals surface area (Å²) in [6.07, 6.45) is 3.23. The predicted molar refractivity (Wildman–Crippen MR) is 70.7 cm³/mol. The fourth-order valence-corrected chi connectivity index (χ4v) is 4.05. The van der Waals surface area contributed by atoms with Gasteiger partial charge in [0, 0.05) is 24.8 Å². The summed E-state index contributed by atoms with van der Waals surface area (Å²) in [6.45, 7) is 2.21. The van der Waals surface area contributed by atoms with Gasteiger partial charge in [-0.25, -0.2) is 0 Å². The number of fused-ring (bicyclic) bond motifs is 1. The molecule has 1 heterocycles. The van der Waals surface area contributed by atoms with Crippen LogP contribution in [0.5, 0.6) is 0 Å². The molecule has 0 saturated heterocycles. The number of thioether (sulfide) groups is 1. The first-order valence-corrected chi connectivity index (χ1v) is 7.39. The normalized spacial score (nSPS) is 11.1. The van der Waals surface area contributed by atoms with Crippen molar-refractivity contribution in [1.82, 2.24) is 0 Å². The molecule has 0 bridgehead atoms. The van der Waals surface area contributed by atoms with Crippen LogP contribution in [0.3, 0.4) is 0 Å². The van der Waals surface area contributed by atoms with Gasteiger partial charge in [0.2, 0.25) is 0 Å². The molecule has 0 N–H and O–H groups in total. The van der Waals surface area contributed by atoms with Crippen molar-refractivity contribution in [3.63, 3.8) is 0 Å². The van der Waals surface area contributed by atoms with Crippen molar-refractivity contribution in [2.75, 3.05) is 6.26 Å². The number of halogens is 1. The molecule has 14 heavy (non-hydrogen) atoms. The highest BCUT2D eigenvalue weighted by Crippen LogP contribution is 2.36. The summed E-state index contributed by atoms with van der Waals surface area (Å²) in [6, 6.07) is 4.44. The molecule has 1 aromatic carbocycles. The molecule has 0 atom stereocenters. The number of rotatable bonds is 2. The minimum absolute atomic E-state index is 1.10. The van der Waals surface area contributed by atoms with Crippen molar-refractivity contribution in [3.05, 3.63) is 27.5 Å². The molecule has 3 heteroatoms. The zero-order chi connectivity index (χ0) is 10.1. The number of hydrogen-bond acceptors (Lipinski definition) is 2. The first-order valence-electron chi connectivity index (χ1n) is 4.50. The molecule has 0 radical (unpaired) electrons. The van der Waals surface area contributed by atoms with Crippen LogP contribution in [0.25, 0.3) is 10.1 Å². The molecule has 0 spiro atoms. The number of aryl methyl sites for hydroxylation is 1. The van der Waals surface area contributed by atoms with E-state index in [0.717, 1.165) is 6.42 Å². The van der Waals surface area contributed by atoms with E-state index in [2.05, 4.69) is 46.6 Å². The summed E-state index contributed by atoms with van der Waals surface area (Å²) in [5.41, 5.74) is 1.44. The van der Waals surface area contributed by atoms with Gasteiger partial charge in [-0.3, -0.25) is 0 Å². The molecule has 0 unspecified atom stereocenters. The van der Waals surface area contributed by atoms with E-state index in [1.54, 1.807) is 0 Å². The summed E-state index contributed by atoms with van der Waals surface area (Å²) in [7, 11) is 0. The van der Waals surface area contributed by atoms with E-state index >= 15 is 0 Å². The Balaban J connectivity index is 2.76. The van der Waals surface area contributed by atoms with Crippen LogP contribution in [0, 0.1) is 0 Å². The SMILES string of the molecule is CCc1cc(Br)cc2c(SC)csc12. The van der Waals surface area contributed by atoms with Crippen molar-refractivity contribution in [2.45, 2.75) is 18.2 Å². The second-order valence-corrected chi connectivity index (χ2v) is 5.74. The average molecular weight is 287 g/mol. The van der Waals surface area contributed by atoms with Crippen LogP contribution in [-0.2, 0) is 6.42 Å². The largest absolute Gasteiger partial charge is 0.142 e. The maximum Gasteiger partial charge on any atom is 0.0387 e. The van der Waals surface area contributed by atoms with Gasteiger partial charge < -0.3 is 0 Å². The lowest BCUT2D eigenvalue weighted by atomic mass is 10.1. The zero-order valence-corrected chi connectivity index (χ0v) is 11.4. The summed E-state index contributed by atoms with van der Waals surface area (Å²) < 4.78 is 2.63. The Labute approximate surface area is 101 Å². The van der Waals surface area contributed by atoms with Crippen molar-refractivity contribution in [3.8, 4) is 0 Å². The molecule has 0 saturated carbocycles. The predicted octanol–water partition coefficient (Wildman–Crippen LogP) is 4.95. The first-order chi connectivity index (χ1) is 6.76. The summed E-state index contributed by atoms with van der Waals surface area (Å²) >= 11 is 7.25. The molecule has 0 nitrogen and oxygen atoms in total. The van der Waals surface area contributed by atoms with Crippen molar-refractivity contribution >= 4 is 49.1 Å². The Morgan fingerprint density at radius 3 is 2.86 bits per heavy atom. The van der Waals surface area contributed by atoms with Gasteiger partial charge in [0.25, 0.3) is 0 Å². The van der Waals surface area contributed by atoms with Crippen LogP contribution in [0.4, 0.5) is 0 Å². The summed E-state index contributed by atoms with van der Waals surface area (Å²) in [4.78, 5) is 1.39. The molecule has 74 valence electrons. The third-order valence-electron chi connectivity index (χ3n) is 2.28. The van der Waals surface area contributed by atoms with Crippen LogP contribution in [0.1, 0.15) is 12.5 Å². The van der Waals surface area contributed by atoms with Gasteiger partial charge in [0.1, 0.15) is 0 Å². The first kappa shape index (κ1) is 10.5. The Morgan fingerprint density at radius 1 is 1.43 bits per heavy atom. The summed E-state index contributed by atoms with van der Waals surface area (Å²) in [5.74, 6) is 0. The number of hydrogen-bond donors (Lipinski definition) is 0. The quantitative estimate of drug-likeness (QED) is 0.704. The molecule has 0 fully saturated rings. The molecular formula is C11H11BrS2. The third kappa shape index (κ3) is 1.73. The van der Waals surface area contributed by atoms with E-state index in [1.807, 2.05) is 23.1 Å². The second kappa shape index (κ2) is 4.25. The smallest absolute Gasteiger partial charge is 0.0387 e. The van der Waals surface area contributed by atoms with Crippen molar-refractivity contribution in [1.29, 1.82) is 0 Å². The van der Waals surface area contributed by atoms with Gasteiger partial charge in [-0.1, -0.05) is 22.9 Å². The monoisotopic (exact) mass is 286 g/mol. The molecule has 2 aromatic rings. The molecule has 0 aliphatic carbocycles. The zero-order valence-electron chi connectivity index (χ0n) is 8.13. The number of benzene rings is 1. The molecule has 0 amide bonds. The highest BCUT2D eigenvalue weighted by Gasteiger charge is 2.07. The van der Waals surface area contributed by atoms with Gasteiger partial charge in [-0.05, 0) is 30.4 Å². The van der Waals surface area contributed by atoms with Gasteiger partial charge in [-0.2, -0.15) is 0 Å². The van der Waals surface area contributed by atoms with Crippen LogP contribution in [0.2, 0.25) is 0 Å². The van der Waals surface area contributed by atoms with E-state index in [4.69, 9.17) is 0 Å². The summed E-state index contributed by atoms with van der Waals surface area (Å²) in [5, 5.41) is 3.65. The van der Waals surface area contributed by atoms with Crippen molar-refractivity contribution < 1.29 is 0 Å². The van der Waals surface area contributed by atoms with Gasteiger partial charge in [0.15, 0.2) is 0 Å². The Bertz CT molecular complexity index is 460. The molecule has 2 rings (SSSR count). The molecular weight excluding hydrogens is 276 g/mol. The van der Waals surface area contributed by atoms with E-state index in [1.165, 1.54) is 25.0 Å². The Morgan fingerprint density at radius 2 is 2.21 bits per heavy atom. The maximum absolute atomic E-state index is 3.57. The average Bonchev–Trinajstić information content (AvgIpc) is 2.59. The van der Waals surface area contributed by atoms with Crippen LogP contribution < -0.4 is 0 Å². The molecule has 0 aliphatic rings. The minimum Gasteiger partial charge on any atom is -0.142 e. The third-order valence-corrected chi connectivity index (χ3v) is 4.74. The lowest BCUT2D eigenvalue weighted by molar-refractivity contribution is 1.16. The fourth-order valence-electron chi connectivity index (χ4n) is 1.57.